The van der Waals surface area contributed by atoms with Crippen LogP contribution in [-0.4, -0.2) is 16.3 Å². The third kappa shape index (κ3) is 3.00. The number of nitrogens with zero attached hydrogens (tertiary/aromatic N) is 2. The van der Waals surface area contributed by atoms with E-state index in [2.05, 4.69) is 90.5 Å². The molecule has 4 rings (SSSR count). The molecule has 3 aromatic rings. The first-order chi connectivity index (χ1) is 12.1. The van der Waals surface area contributed by atoms with Crippen LogP contribution in [0.5, 0.6) is 0 Å². The highest BCUT2D eigenvalue weighted by atomic mass is 15.3. The topological polar surface area (TPSA) is 29.9 Å². The Morgan fingerprint density at radius 3 is 2.16 bits per heavy atom. The van der Waals surface area contributed by atoms with Gasteiger partial charge in [-0.1, -0.05) is 55.5 Å². The van der Waals surface area contributed by atoms with Crippen molar-refractivity contribution in [3.63, 3.8) is 0 Å². The molecule has 1 N–H and O–H groups in total. The van der Waals surface area contributed by atoms with Gasteiger partial charge in [0.2, 0.25) is 0 Å². The molecule has 1 aromatic heterocycles. The van der Waals surface area contributed by atoms with Crippen LogP contribution in [0.25, 0.3) is 11.1 Å². The maximum Gasteiger partial charge on any atom is 0.0596 e. The summed E-state index contributed by atoms with van der Waals surface area (Å²) < 4.78 is 2.12. The molecule has 3 nitrogen and oxygen atoms in total. The van der Waals surface area contributed by atoms with Crippen LogP contribution >= 0.6 is 0 Å². The molecule has 25 heavy (non-hydrogen) atoms. The minimum atomic E-state index is 0.287. The number of fused-ring (bicyclic) bond motifs is 3. The van der Waals surface area contributed by atoms with E-state index in [0.717, 1.165) is 18.8 Å². The summed E-state index contributed by atoms with van der Waals surface area (Å²) in [6.45, 7) is 8.38. The summed E-state index contributed by atoms with van der Waals surface area (Å²) in [5, 5.41) is 8.39. The Kier molecular flexibility index (Phi) is 4.18. The first-order valence-corrected chi connectivity index (χ1v) is 9.06. The molecule has 1 atom stereocenters. The fourth-order valence-corrected chi connectivity index (χ4v) is 3.91. The van der Waals surface area contributed by atoms with Crippen molar-refractivity contribution in [3.8, 4) is 11.1 Å². The molecule has 0 radical (unpaired) electrons. The SMILES string of the molecule is Cc1cc(C)n(C[C@H](C)CNC2c3ccccc3-c3ccccc32)n1. The van der Waals surface area contributed by atoms with Gasteiger partial charge in [-0.25, -0.2) is 0 Å². The zero-order valence-electron chi connectivity index (χ0n) is 15.2. The van der Waals surface area contributed by atoms with E-state index in [1.807, 2.05) is 0 Å². The molecule has 0 amide bonds. The maximum absolute atomic E-state index is 4.59. The van der Waals surface area contributed by atoms with Gasteiger partial charge in [-0.2, -0.15) is 5.10 Å². The van der Waals surface area contributed by atoms with E-state index in [1.54, 1.807) is 0 Å². The van der Waals surface area contributed by atoms with E-state index in [1.165, 1.54) is 27.9 Å². The van der Waals surface area contributed by atoms with E-state index < -0.39 is 0 Å². The van der Waals surface area contributed by atoms with Crippen molar-refractivity contribution in [2.45, 2.75) is 33.4 Å². The van der Waals surface area contributed by atoms with Crippen LogP contribution in [0.2, 0.25) is 0 Å². The quantitative estimate of drug-likeness (QED) is 0.746. The number of hydrogen-bond donors (Lipinski definition) is 1. The lowest BCUT2D eigenvalue weighted by molar-refractivity contribution is 0.405. The lowest BCUT2D eigenvalue weighted by Gasteiger charge is -2.20. The van der Waals surface area contributed by atoms with Crippen LogP contribution in [0, 0.1) is 19.8 Å². The highest BCUT2D eigenvalue weighted by molar-refractivity contribution is 5.78. The smallest absolute Gasteiger partial charge is 0.0596 e. The summed E-state index contributed by atoms with van der Waals surface area (Å²) in [4.78, 5) is 0. The third-order valence-corrected chi connectivity index (χ3v) is 5.09. The molecule has 0 spiro atoms. The average molecular weight is 331 g/mol. The van der Waals surface area contributed by atoms with Crippen molar-refractivity contribution in [3.05, 3.63) is 77.1 Å². The fourth-order valence-electron chi connectivity index (χ4n) is 3.91. The van der Waals surface area contributed by atoms with Gasteiger partial charge in [0.15, 0.2) is 0 Å². The van der Waals surface area contributed by atoms with Crippen molar-refractivity contribution in [2.75, 3.05) is 6.54 Å². The van der Waals surface area contributed by atoms with Crippen molar-refractivity contribution in [2.24, 2.45) is 5.92 Å². The normalized spacial score (nSPS) is 14.4. The van der Waals surface area contributed by atoms with Crippen molar-refractivity contribution in [1.29, 1.82) is 0 Å². The van der Waals surface area contributed by atoms with Gasteiger partial charge < -0.3 is 5.32 Å². The summed E-state index contributed by atoms with van der Waals surface area (Å²) in [5.41, 5.74) is 7.84. The predicted molar refractivity (Wildman–Crippen MR) is 103 cm³/mol. The number of benzene rings is 2. The molecular formula is C22H25N3. The van der Waals surface area contributed by atoms with E-state index in [-0.39, 0.29) is 6.04 Å². The van der Waals surface area contributed by atoms with Crippen LogP contribution in [0.15, 0.2) is 54.6 Å². The second kappa shape index (κ2) is 6.49. The molecule has 2 aromatic carbocycles. The molecule has 0 unspecified atom stereocenters. The Hall–Kier alpha value is -2.39. The molecule has 1 heterocycles. The lowest BCUT2D eigenvalue weighted by atomic mass is 10.0. The Bertz CT molecular complexity index is 848. The van der Waals surface area contributed by atoms with Crippen LogP contribution in [-0.2, 0) is 6.54 Å². The van der Waals surface area contributed by atoms with Gasteiger partial charge in [-0.15, -0.1) is 0 Å². The van der Waals surface area contributed by atoms with Crippen LogP contribution in [0.3, 0.4) is 0 Å². The van der Waals surface area contributed by atoms with Crippen LogP contribution in [0.1, 0.15) is 35.5 Å². The van der Waals surface area contributed by atoms with Crippen molar-refractivity contribution >= 4 is 0 Å². The Morgan fingerprint density at radius 2 is 1.60 bits per heavy atom. The maximum atomic E-state index is 4.59. The van der Waals surface area contributed by atoms with Gasteiger partial charge >= 0.3 is 0 Å². The summed E-state index contributed by atoms with van der Waals surface area (Å²) >= 11 is 0. The van der Waals surface area contributed by atoms with Gasteiger partial charge in [-0.05, 0) is 48.1 Å². The van der Waals surface area contributed by atoms with Crippen LogP contribution < -0.4 is 5.32 Å². The minimum Gasteiger partial charge on any atom is -0.306 e. The molecule has 128 valence electrons. The fraction of sp³-hybridized carbons (Fsp3) is 0.318. The van der Waals surface area contributed by atoms with E-state index in [9.17, 15) is 0 Å². The second-order valence-electron chi connectivity index (χ2n) is 7.23. The van der Waals surface area contributed by atoms with Crippen molar-refractivity contribution < 1.29 is 0 Å². The first-order valence-electron chi connectivity index (χ1n) is 9.06. The van der Waals surface area contributed by atoms with E-state index >= 15 is 0 Å². The number of aromatic nitrogens is 2. The van der Waals surface area contributed by atoms with E-state index in [4.69, 9.17) is 0 Å². The largest absolute Gasteiger partial charge is 0.306 e. The number of hydrogen-bond acceptors (Lipinski definition) is 2. The average Bonchev–Trinajstić information content (AvgIpc) is 3.10. The van der Waals surface area contributed by atoms with Gasteiger partial charge in [0, 0.05) is 18.8 Å². The summed E-state index contributed by atoms with van der Waals surface area (Å²) in [5.74, 6) is 0.512. The lowest BCUT2D eigenvalue weighted by Crippen LogP contribution is -2.28. The Balaban J connectivity index is 1.50. The first kappa shape index (κ1) is 16.1. The zero-order chi connectivity index (χ0) is 17.4. The molecule has 0 saturated carbocycles. The molecular weight excluding hydrogens is 306 g/mol. The Morgan fingerprint density at radius 1 is 1.00 bits per heavy atom. The molecule has 0 aliphatic heterocycles. The Labute approximate surface area is 149 Å². The number of aryl methyl sites for hydroxylation is 2. The zero-order valence-corrected chi connectivity index (χ0v) is 15.2. The molecule has 3 heteroatoms. The standard InChI is InChI=1S/C22H25N3/c1-15(14-25-17(3)12-16(2)24-25)13-23-22-20-10-6-4-8-18(20)19-9-5-7-11-21(19)22/h4-12,15,22-23H,13-14H2,1-3H3/t15-/m1/s1. The van der Waals surface area contributed by atoms with Gasteiger partial charge in [0.05, 0.1) is 11.7 Å². The molecule has 1 aliphatic rings. The third-order valence-electron chi connectivity index (χ3n) is 5.09. The molecule has 0 fully saturated rings. The number of rotatable bonds is 5. The predicted octanol–water partition coefficient (Wildman–Crippen LogP) is 4.50. The molecule has 1 aliphatic carbocycles. The van der Waals surface area contributed by atoms with Gasteiger partial charge in [0.1, 0.15) is 0 Å². The highest BCUT2D eigenvalue weighted by Crippen LogP contribution is 2.42. The number of nitrogens with one attached hydrogen (secondary N) is 1. The summed E-state index contributed by atoms with van der Waals surface area (Å²) in [7, 11) is 0. The van der Waals surface area contributed by atoms with E-state index in [0.29, 0.717) is 5.92 Å². The van der Waals surface area contributed by atoms with Gasteiger partial charge in [0.25, 0.3) is 0 Å². The summed E-state index contributed by atoms with van der Waals surface area (Å²) in [6, 6.07) is 19.9. The second-order valence-corrected chi connectivity index (χ2v) is 7.23. The summed E-state index contributed by atoms with van der Waals surface area (Å²) in [6.07, 6.45) is 0. The monoisotopic (exact) mass is 331 g/mol. The highest BCUT2D eigenvalue weighted by Gasteiger charge is 2.27. The van der Waals surface area contributed by atoms with Crippen molar-refractivity contribution in [1.82, 2.24) is 15.1 Å². The van der Waals surface area contributed by atoms with Gasteiger partial charge in [-0.3, -0.25) is 4.68 Å². The molecule has 0 bridgehead atoms. The van der Waals surface area contributed by atoms with Crippen LogP contribution in [0.4, 0.5) is 0 Å². The minimum absolute atomic E-state index is 0.287. The molecule has 0 saturated heterocycles.